The predicted molar refractivity (Wildman–Crippen MR) is 149 cm³/mol. The summed E-state index contributed by atoms with van der Waals surface area (Å²) in [5, 5.41) is 2.86. The molecule has 1 aromatic rings. The van der Waals surface area contributed by atoms with Gasteiger partial charge in [-0.1, -0.05) is 29.8 Å². The van der Waals surface area contributed by atoms with Crippen LogP contribution in [0.3, 0.4) is 0 Å². The van der Waals surface area contributed by atoms with Crippen LogP contribution in [0.5, 0.6) is 0 Å². The smallest absolute Gasteiger partial charge is 0.338 e. The summed E-state index contributed by atoms with van der Waals surface area (Å²) < 4.78 is 23.3. The molecule has 1 aliphatic carbocycles. The van der Waals surface area contributed by atoms with Gasteiger partial charge in [0.05, 0.1) is 17.7 Å². The molecular formula is C27H35ClFN5O2S. The average Bonchev–Trinajstić information content (AvgIpc) is 3.55. The lowest BCUT2D eigenvalue weighted by Crippen LogP contribution is -2.44. The molecule has 0 aromatic heterocycles. The van der Waals surface area contributed by atoms with Crippen molar-refractivity contribution in [3.8, 4) is 0 Å². The third kappa shape index (κ3) is 5.19. The summed E-state index contributed by atoms with van der Waals surface area (Å²) in [7, 11) is 7.54. The van der Waals surface area contributed by atoms with E-state index in [1.54, 1.807) is 12.1 Å². The second-order valence-electron chi connectivity index (χ2n) is 10.6. The molecule has 10 heteroatoms. The predicted octanol–water partition coefficient (Wildman–Crippen LogP) is 4.21. The van der Waals surface area contributed by atoms with Gasteiger partial charge in [-0.2, -0.15) is 0 Å². The number of halogens is 2. The Morgan fingerprint density at radius 3 is 2.78 bits per heavy atom. The first-order valence-corrected chi connectivity index (χ1v) is 14.4. The monoisotopic (exact) mass is 547 g/mol. The van der Waals surface area contributed by atoms with Gasteiger partial charge in [0.25, 0.3) is 0 Å². The molecule has 1 saturated heterocycles. The highest BCUT2D eigenvalue weighted by atomic mass is 35.5. The summed E-state index contributed by atoms with van der Waals surface area (Å²) in [6.45, 7) is 2.53. The van der Waals surface area contributed by atoms with Crippen LogP contribution >= 0.6 is 22.7 Å². The first-order chi connectivity index (χ1) is 17.7. The number of carbonyl (C=O) groups is 1. The highest BCUT2D eigenvalue weighted by Gasteiger charge is 2.52. The Morgan fingerprint density at radius 2 is 2.14 bits per heavy atom. The number of likely N-dealkylation sites (N-methyl/N-ethyl adjacent to an activating group) is 2. The van der Waals surface area contributed by atoms with E-state index < -0.39 is 28.9 Å². The van der Waals surface area contributed by atoms with E-state index >= 15 is 0 Å². The van der Waals surface area contributed by atoms with Gasteiger partial charge in [0.1, 0.15) is 11.9 Å². The van der Waals surface area contributed by atoms with Gasteiger partial charge < -0.3 is 19.3 Å². The summed E-state index contributed by atoms with van der Waals surface area (Å²) in [5.41, 5.74) is 2.09. The lowest BCUT2D eigenvalue weighted by Gasteiger charge is -2.40. The third-order valence-corrected chi connectivity index (χ3v) is 9.84. The van der Waals surface area contributed by atoms with Gasteiger partial charge in [-0.3, -0.25) is 4.90 Å². The van der Waals surface area contributed by atoms with E-state index in [4.69, 9.17) is 21.3 Å². The number of hydrogen-bond donors (Lipinski definition) is 2. The maximum Gasteiger partial charge on any atom is 0.338 e. The van der Waals surface area contributed by atoms with E-state index in [1.165, 1.54) is 26.0 Å². The van der Waals surface area contributed by atoms with Crippen molar-refractivity contribution in [3.63, 3.8) is 0 Å². The Labute approximate surface area is 226 Å². The number of aliphatic imine (C=N–C) groups is 1. The molecule has 3 atom stereocenters. The molecular weight excluding hydrogens is 513 g/mol. The minimum absolute atomic E-state index is 0.0238. The zero-order chi connectivity index (χ0) is 26.3. The molecule has 0 amide bonds. The minimum Gasteiger partial charge on any atom is -0.466 e. The first kappa shape index (κ1) is 26.3. The molecule has 1 saturated carbocycles. The Balaban J connectivity index is 1.61. The van der Waals surface area contributed by atoms with Crippen molar-refractivity contribution in [2.24, 2.45) is 10.4 Å². The highest BCUT2D eigenvalue weighted by molar-refractivity contribution is 8.30. The summed E-state index contributed by atoms with van der Waals surface area (Å²) in [6, 6.07) is 4.28. The van der Waals surface area contributed by atoms with Crippen LogP contribution in [0.15, 0.2) is 58.2 Å². The van der Waals surface area contributed by atoms with Crippen molar-refractivity contribution in [3.05, 3.63) is 69.6 Å². The van der Waals surface area contributed by atoms with E-state index in [0.29, 0.717) is 29.1 Å². The van der Waals surface area contributed by atoms with Gasteiger partial charge in [0, 0.05) is 50.2 Å². The largest absolute Gasteiger partial charge is 0.466 e. The van der Waals surface area contributed by atoms with Crippen LogP contribution in [-0.2, 0) is 9.53 Å². The number of nitrogens with zero attached hydrogens (tertiary/aromatic N) is 4. The number of allylic oxidation sites excluding steroid dienone is 2. The van der Waals surface area contributed by atoms with E-state index in [2.05, 4.69) is 34.0 Å². The quantitative estimate of drug-likeness (QED) is 0.411. The summed E-state index contributed by atoms with van der Waals surface area (Å²) >= 11 is 5.50. The fraction of sp³-hybridized carbons (Fsp3) is 0.481. The number of nitrogens with one attached hydrogen (secondary N) is 1. The number of ether oxygens (including phenoxy) is 1. The number of carbonyl (C=O) groups excluding carboxylic acids is 1. The van der Waals surface area contributed by atoms with Crippen molar-refractivity contribution in [1.29, 1.82) is 0 Å². The average molecular weight is 548 g/mol. The van der Waals surface area contributed by atoms with Crippen molar-refractivity contribution in [2.45, 2.75) is 31.3 Å². The molecule has 2 fully saturated rings. The van der Waals surface area contributed by atoms with Gasteiger partial charge in [-0.15, -0.1) is 11.1 Å². The summed E-state index contributed by atoms with van der Waals surface area (Å²) in [4.78, 5) is 25.2. The van der Waals surface area contributed by atoms with Crippen LogP contribution in [-0.4, -0.2) is 79.8 Å². The lowest BCUT2D eigenvalue weighted by atomic mass is 9.95. The number of likely N-dealkylation sites (tertiary alicyclic amines) is 1. The molecule has 37 heavy (non-hydrogen) atoms. The van der Waals surface area contributed by atoms with Crippen molar-refractivity contribution in [1.82, 2.24) is 19.4 Å². The van der Waals surface area contributed by atoms with Crippen molar-refractivity contribution < 1.29 is 13.9 Å². The second kappa shape index (κ2) is 10.4. The molecule has 3 heterocycles. The first-order valence-electron chi connectivity index (χ1n) is 12.6. The van der Waals surface area contributed by atoms with Crippen molar-refractivity contribution in [2.75, 3.05) is 47.9 Å². The topological polar surface area (TPSA) is 60.4 Å². The Morgan fingerprint density at radius 1 is 1.35 bits per heavy atom. The molecule has 1 unspecified atom stereocenters. The Kier molecular flexibility index (Phi) is 7.42. The van der Waals surface area contributed by atoms with Gasteiger partial charge in [-0.05, 0) is 56.3 Å². The van der Waals surface area contributed by atoms with E-state index in [9.17, 15) is 9.18 Å². The van der Waals surface area contributed by atoms with Gasteiger partial charge in [0.15, 0.2) is 5.17 Å². The number of thiol groups is 1. The van der Waals surface area contributed by atoms with Crippen LogP contribution in [0.1, 0.15) is 30.9 Å². The van der Waals surface area contributed by atoms with Crippen LogP contribution in [0.4, 0.5) is 4.39 Å². The maximum absolute atomic E-state index is 14.6. The van der Waals surface area contributed by atoms with Crippen molar-refractivity contribution >= 4 is 33.8 Å². The van der Waals surface area contributed by atoms with Gasteiger partial charge >= 0.3 is 5.97 Å². The van der Waals surface area contributed by atoms with Crippen LogP contribution in [0.2, 0.25) is 5.02 Å². The minimum atomic E-state index is -0.974. The third-order valence-electron chi connectivity index (χ3n) is 7.70. The van der Waals surface area contributed by atoms with Gasteiger partial charge in [-0.25, -0.2) is 14.2 Å². The number of methoxy groups -OCH3 is 1. The SMILES string of the molecule is COC(=O)C1=C(CN2CC3(CC3)C[C@H]2CN(C)C)N(C)C([SH]2C=CC=CN2)=N[C@H]1c1cccc(F)c1Cl. The second-order valence-corrected chi connectivity index (χ2v) is 12.7. The fourth-order valence-corrected chi connectivity index (χ4v) is 7.46. The molecule has 1 aromatic carbocycles. The molecule has 0 radical (unpaired) electrons. The van der Waals surface area contributed by atoms with E-state index in [-0.39, 0.29) is 5.02 Å². The molecule has 200 valence electrons. The summed E-state index contributed by atoms with van der Waals surface area (Å²) in [5.74, 6) is -1.01. The number of benzene rings is 1. The zero-order valence-electron chi connectivity index (χ0n) is 21.7. The lowest BCUT2D eigenvalue weighted by molar-refractivity contribution is -0.136. The van der Waals surface area contributed by atoms with E-state index in [1.807, 2.05) is 30.3 Å². The maximum atomic E-state index is 14.6. The van der Waals surface area contributed by atoms with Crippen LogP contribution in [0.25, 0.3) is 0 Å². The molecule has 5 rings (SSSR count). The highest BCUT2D eigenvalue weighted by Crippen LogP contribution is 2.55. The normalized spacial score (nSPS) is 27.6. The number of hydrogen-bond acceptors (Lipinski definition) is 7. The Bertz CT molecular complexity index is 1200. The molecule has 1 spiro atoms. The standard InChI is InChI=1S/C27H35ClFN5O2S/c1-32(2)15-18-14-27(10-11-27)17-34(18)16-21-22(25(35)36-4)24(19-8-7-9-20(29)23(19)28)31-26(33(21)3)37-13-6-5-12-30-37/h5-9,12-13,18,24,30,37H,10-11,14-17H2,1-4H3/t18-,24-/m0/s1. The molecule has 7 nitrogen and oxygen atoms in total. The van der Waals surface area contributed by atoms with E-state index in [0.717, 1.165) is 30.4 Å². The summed E-state index contributed by atoms with van der Waals surface area (Å²) in [6.07, 6.45) is 9.50. The van der Waals surface area contributed by atoms with Gasteiger partial charge in [0.2, 0.25) is 0 Å². The zero-order valence-corrected chi connectivity index (χ0v) is 23.4. The number of esters is 1. The molecule has 3 aliphatic heterocycles. The molecule has 1 N–H and O–H groups in total. The molecule has 4 aliphatic rings. The van der Waals surface area contributed by atoms with Crippen LogP contribution < -0.4 is 4.72 Å². The number of amidine groups is 1. The fourth-order valence-electron chi connectivity index (χ4n) is 5.69. The number of rotatable bonds is 6. The van der Waals surface area contributed by atoms with Crippen LogP contribution in [0, 0.1) is 11.2 Å². The molecule has 0 bridgehead atoms. The Hall–Kier alpha value is -2.33.